The first-order chi connectivity index (χ1) is 13.6. The van der Waals surface area contributed by atoms with Gasteiger partial charge in [-0.2, -0.15) is 0 Å². The van der Waals surface area contributed by atoms with Crippen LogP contribution in [-0.4, -0.2) is 40.7 Å². The number of hydrogen-bond acceptors (Lipinski definition) is 3. The van der Waals surface area contributed by atoms with Crippen molar-refractivity contribution in [3.63, 3.8) is 0 Å². The Morgan fingerprint density at radius 1 is 1.11 bits per heavy atom. The highest BCUT2D eigenvalue weighted by Gasteiger charge is 2.49. The zero-order valence-corrected chi connectivity index (χ0v) is 16.8. The Hall–Kier alpha value is -2.17. The van der Waals surface area contributed by atoms with Crippen LogP contribution in [0, 0.1) is 5.92 Å². The predicted molar refractivity (Wildman–Crippen MR) is 110 cm³/mol. The molecule has 5 nitrogen and oxygen atoms in total. The summed E-state index contributed by atoms with van der Waals surface area (Å²) in [4.78, 5) is 32.8. The van der Waals surface area contributed by atoms with Gasteiger partial charge in [0.05, 0.1) is 0 Å². The zero-order valence-electron chi connectivity index (χ0n) is 16.8. The van der Waals surface area contributed by atoms with E-state index in [2.05, 4.69) is 12.2 Å². The number of aliphatic imine (C=N–C) groups is 1. The van der Waals surface area contributed by atoms with Crippen LogP contribution < -0.4 is 5.32 Å². The van der Waals surface area contributed by atoms with Gasteiger partial charge in [0.25, 0.3) is 5.91 Å². The highest BCUT2D eigenvalue weighted by atomic mass is 16.2. The van der Waals surface area contributed by atoms with E-state index in [1.807, 2.05) is 30.3 Å². The maximum Gasteiger partial charge on any atom is 0.275 e. The van der Waals surface area contributed by atoms with E-state index in [0.29, 0.717) is 11.6 Å². The monoisotopic (exact) mass is 381 g/mol. The molecule has 0 bridgehead atoms. The van der Waals surface area contributed by atoms with E-state index in [-0.39, 0.29) is 24.4 Å². The summed E-state index contributed by atoms with van der Waals surface area (Å²) < 4.78 is 0. The molecule has 5 heteroatoms. The Kier molecular flexibility index (Phi) is 5.51. The quantitative estimate of drug-likeness (QED) is 0.865. The lowest BCUT2D eigenvalue weighted by atomic mass is 9.82. The van der Waals surface area contributed by atoms with Crippen molar-refractivity contribution in [1.29, 1.82) is 0 Å². The van der Waals surface area contributed by atoms with Gasteiger partial charge >= 0.3 is 0 Å². The fraction of sp³-hybridized carbons (Fsp3) is 0.609. The number of hydrogen-bond donors (Lipinski definition) is 1. The van der Waals surface area contributed by atoms with Gasteiger partial charge in [0.15, 0.2) is 0 Å². The van der Waals surface area contributed by atoms with Crippen molar-refractivity contribution in [3.8, 4) is 0 Å². The maximum absolute atomic E-state index is 13.3. The minimum atomic E-state index is -0.543. The molecule has 0 atom stereocenters. The Labute approximate surface area is 167 Å². The normalized spacial score (nSPS) is 28.5. The van der Waals surface area contributed by atoms with Crippen LogP contribution in [0.15, 0.2) is 35.3 Å². The number of nitrogens with zero attached hydrogens (tertiary/aromatic N) is 2. The molecule has 1 spiro atoms. The lowest BCUT2D eigenvalue weighted by Gasteiger charge is -2.40. The second kappa shape index (κ2) is 8.06. The van der Waals surface area contributed by atoms with Crippen molar-refractivity contribution in [2.45, 2.75) is 76.4 Å². The third kappa shape index (κ3) is 3.85. The lowest BCUT2D eigenvalue weighted by Crippen LogP contribution is -2.53. The molecular weight excluding hydrogens is 350 g/mol. The fourth-order valence-corrected chi connectivity index (χ4v) is 4.91. The Balaban J connectivity index is 1.54. The third-order valence-corrected chi connectivity index (χ3v) is 6.66. The highest BCUT2D eigenvalue weighted by Crippen LogP contribution is 2.41. The van der Waals surface area contributed by atoms with Crippen molar-refractivity contribution < 1.29 is 9.59 Å². The number of benzene rings is 1. The molecule has 1 heterocycles. The van der Waals surface area contributed by atoms with Gasteiger partial charge in [-0.1, -0.05) is 56.5 Å². The number of carbonyl (C=O) groups is 2. The van der Waals surface area contributed by atoms with E-state index in [4.69, 9.17) is 4.99 Å². The lowest BCUT2D eigenvalue weighted by molar-refractivity contribution is -0.136. The van der Waals surface area contributed by atoms with Gasteiger partial charge < -0.3 is 10.2 Å². The van der Waals surface area contributed by atoms with Crippen LogP contribution in [-0.2, 0) is 9.59 Å². The maximum atomic E-state index is 13.3. The molecule has 2 aliphatic carbocycles. The summed E-state index contributed by atoms with van der Waals surface area (Å²) in [5, 5.41) is 3.17. The number of carbonyl (C=O) groups excluding carboxylic acids is 2. The topological polar surface area (TPSA) is 61.8 Å². The number of rotatable bonds is 4. The average molecular weight is 382 g/mol. The molecular formula is C23H31N3O2. The molecule has 1 aromatic carbocycles. The third-order valence-electron chi connectivity index (χ3n) is 6.66. The van der Waals surface area contributed by atoms with Crippen LogP contribution in [0.25, 0.3) is 0 Å². The molecule has 150 valence electrons. The van der Waals surface area contributed by atoms with Gasteiger partial charge in [0.2, 0.25) is 5.91 Å². The Morgan fingerprint density at radius 3 is 2.46 bits per heavy atom. The van der Waals surface area contributed by atoms with Gasteiger partial charge in [-0.15, -0.1) is 0 Å². The van der Waals surface area contributed by atoms with Gasteiger partial charge in [-0.3, -0.25) is 14.6 Å². The predicted octanol–water partition coefficient (Wildman–Crippen LogP) is 3.67. The molecule has 1 aliphatic heterocycles. The van der Waals surface area contributed by atoms with Gasteiger partial charge in [-0.05, 0) is 44.4 Å². The first-order valence-corrected chi connectivity index (χ1v) is 10.8. The summed E-state index contributed by atoms with van der Waals surface area (Å²) >= 11 is 0. The minimum Gasteiger partial charge on any atom is -0.352 e. The molecule has 0 unspecified atom stereocenters. The van der Waals surface area contributed by atoms with Crippen molar-refractivity contribution in [1.82, 2.24) is 10.2 Å². The minimum absolute atomic E-state index is 0.0391. The van der Waals surface area contributed by atoms with E-state index >= 15 is 0 Å². The molecule has 3 aliphatic rings. The molecule has 0 aromatic heterocycles. The summed E-state index contributed by atoms with van der Waals surface area (Å²) in [6, 6.07) is 9.92. The van der Waals surface area contributed by atoms with Crippen LogP contribution >= 0.6 is 0 Å². The average Bonchev–Trinajstić information content (AvgIpc) is 2.98. The first-order valence-electron chi connectivity index (χ1n) is 10.8. The summed E-state index contributed by atoms with van der Waals surface area (Å²) in [5.41, 5.74) is 0.819. The van der Waals surface area contributed by atoms with E-state index in [9.17, 15) is 9.59 Å². The Bertz CT molecular complexity index is 744. The van der Waals surface area contributed by atoms with Gasteiger partial charge in [0.1, 0.15) is 17.9 Å². The second-order valence-electron chi connectivity index (χ2n) is 8.79. The van der Waals surface area contributed by atoms with Crippen molar-refractivity contribution in [3.05, 3.63) is 35.9 Å². The van der Waals surface area contributed by atoms with Crippen LogP contribution in [0.3, 0.4) is 0 Å². The number of amides is 2. The molecule has 1 aromatic rings. The molecule has 28 heavy (non-hydrogen) atoms. The van der Waals surface area contributed by atoms with Crippen LogP contribution in [0.2, 0.25) is 0 Å². The van der Waals surface area contributed by atoms with Crippen LogP contribution in [0.5, 0.6) is 0 Å². The van der Waals surface area contributed by atoms with E-state index < -0.39 is 5.66 Å². The second-order valence-corrected chi connectivity index (χ2v) is 8.79. The molecule has 0 saturated heterocycles. The van der Waals surface area contributed by atoms with E-state index in [1.165, 1.54) is 19.3 Å². The van der Waals surface area contributed by atoms with Crippen molar-refractivity contribution in [2.75, 3.05) is 6.54 Å². The molecule has 4 rings (SSSR count). The first kappa shape index (κ1) is 19.2. The summed E-state index contributed by atoms with van der Waals surface area (Å²) in [6.07, 6.45) is 9.47. The summed E-state index contributed by atoms with van der Waals surface area (Å²) in [7, 11) is 0. The molecule has 1 N–H and O–H groups in total. The van der Waals surface area contributed by atoms with E-state index in [1.54, 1.807) is 4.90 Å². The molecule has 2 amide bonds. The van der Waals surface area contributed by atoms with Gasteiger partial charge in [-0.25, -0.2) is 0 Å². The molecule has 2 saturated carbocycles. The molecule has 2 fully saturated rings. The van der Waals surface area contributed by atoms with Gasteiger partial charge in [0, 0.05) is 11.6 Å². The zero-order chi connectivity index (χ0) is 19.6. The van der Waals surface area contributed by atoms with E-state index in [0.717, 1.165) is 44.1 Å². The number of nitrogens with one attached hydrogen (secondary N) is 1. The Morgan fingerprint density at radius 2 is 1.79 bits per heavy atom. The SMILES string of the molecule is CC1CCC2(CC1)N=C(c1ccccc1)C(=O)N2CC(=O)NC1CCCCC1. The largest absolute Gasteiger partial charge is 0.352 e. The fourth-order valence-electron chi connectivity index (χ4n) is 4.91. The van der Waals surface area contributed by atoms with Crippen molar-refractivity contribution >= 4 is 17.5 Å². The van der Waals surface area contributed by atoms with Crippen LogP contribution in [0.4, 0.5) is 0 Å². The van der Waals surface area contributed by atoms with Crippen LogP contribution in [0.1, 0.15) is 70.3 Å². The smallest absolute Gasteiger partial charge is 0.275 e. The summed E-state index contributed by atoms with van der Waals surface area (Å²) in [5.74, 6) is 0.511. The van der Waals surface area contributed by atoms with Crippen molar-refractivity contribution in [2.24, 2.45) is 10.9 Å². The molecule has 0 radical (unpaired) electrons. The summed E-state index contributed by atoms with van der Waals surface area (Å²) in [6.45, 7) is 2.37. The standard InChI is InChI=1S/C23H31N3O2/c1-17-12-14-23(15-13-17)25-21(18-8-4-2-5-9-18)22(28)26(23)16-20(27)24-19-10-6-3-7-11-19/h2,4-5,8-9,17,19H,3,6-7,10-16H2,1H3,(H,24,27). The highest BCUT2D eigenvalue weighted by molar-refractivity contribution is 6.47.